The number of hydrogen-bond donors (Lipinski definition) is 0. The Hall–Kier alpha value is -3.16. The van der Waals surface area contributed by atoms with Crippen molar-refractivity contribution in [2.45, 2.75) is 6.92 Å². The third-order valence-electron chi connectivity index (χ3n) is 4.24. The van der Waals surface area contributed by atoms with Gasteiger partial charge in [0.1, 0.15) is 11.5 Å². The van der Waals surface area contributed by atoms with E-state index in [4.69, 9.17) is 11.6 Å². The lowest BCUT2D eigenvalue weighted by Gasteiger charge is -2.06. The van der Waals surface area contributed by atoms with Crippen molar-refractivity contribution in [3.8, 4) is 11.3 Å². The zero-order chi connectivity index (χ0) is 21.1. The topological polar surface area (TPSA) is 42.5 Å². The molecule has 0 unspecified atom stereocenters. The Balaban J connectivity index is 1.91. The van der Waals surface area contributed by atoms with Crippen molar-refractivity contribution in [3.05, 3.63) is 99.4 Å². The summed E-state index contributed by atoms with van der Waals surface area (Å²) in [6, 6.07) is 16.1. The highest BCUT2D eigenvalue weighted by Gasteiger charge is 2.11. The molecule has 4 rings (SSSR count). The molecule has 0 amide bonds. The van der Waals surface area contributed by atoms with Crippen LogP contribution in [0.5, 0.6) is 0 Å². The third kappa shape index (κ3) is 4.37. The number of pyridine rings is 1. The predicted octanol–water partition coefficient (Wildman–Crippen LogP) is 6.05. The van der Waals surface area contributed by atoms with Gasteiger partial charge in [-0.2, -0.15) is 5.10 Å². The number of rotatable bonds is 4. The van der Waals surface area contributed by atoms with Crippen LogP contribution in [0.25, 0.3) is 11.3 Å². The van der Waals surface area contributed by atoms with Crippen LogP contribution in [0.2, 0.25) is 5.02 Å². The maximum absolute atomic E-state index is 14.2. The summed E-state index contributed by atoms with van der Waals surface area (Å²) in [6.45, 7) is 1.83. The number of halogens is 3. The molecular weight excluding hydrogens is 426 g/mol. The summed E-state index contributed by atoms with van der Waals surface area (Å²) in [7, 11) is 0. The Morgan fingerprint density at radius 3 is 2.57 bits per heavy atom. The summed E-state index contributed by atoms with van der Waals surface area (Å²) in [5, 5.41) is 7.18. The molecule has 0 saturated heterocycles. The van der Waals surface area contributed by atoms with E-state index in [9.17, 15) is 8.78 Å². The Morgan fingerprint density at radius 1 is 1.07 bits per heavy atom. The van der Waals surface area contributed by atoms with E-state index in [1.54, 1.807) is 23.0 Å². The van der Waals surface area contributed by atoms with E-state index in [0.29, 0.717) is 21.2 Å². The standard InChI is InChI=1S/C22H15ClF2N4S/c1-14(19-4-2-3-11-26-19)28-29-21(15-5-7-16(23)8-6-15)13-30-22(29)27-20-10-9-17(24)12-18(20)25/h2-13H,1H3/b27-22?,28-14+. The van der Waals surface area contributed by atoms with Crippen LogP contribution in [-0.4, -0.2) is 15.4 Å². The fourth-order valence-electron chi connectivity index (χ4n) is 2.75. The third-order valence-corrected chi connectivity index (χ3v) is 5.30. The summed E-state index contributed by atoms with van der Waals surface area (Å²) < 4.78 is 29.1. The van der Waals surface area contributed by atoms with Crippen molar-refractivity contribution >= 4 is 34.3 Å². The minimum absolute atomic E-state index is 0.0281. The van der Waals surface area contributed by atoms with E-state index in [0.717, 1.165) is 17.3 Å². The predicted molar refractivity (Wildman–Crippen MR) is 116 cm³/mol. The van der Waals surface area contributed by atoms with E-state index in [1.807, 2.05) is 42.6 Å². The number of aromatic nitrogens is 2. The molecule has 0 N–H and O–H groups in total. The molecule has 0 atom stereocenters. The molecule has 0 bridgehead atoms. The molecule has 2 aromatic carbocycles. The molecule has 30 heavy (non-hydrogen) atoms. The average Bonchev–Trinajstić information content (AvgIpc) is 3.13. The Labute approximate surface area is 180 Å². The monoisotopic (exact) mass is 440 g/mol. The Bertz CT molecular complexity index is 1280. The minimum atomic E-state index is -0.742. The van der Waals surface area contributed by atoms with Crippen molar-refractivity contribution in [2.24, 2.45) is 10.1 Å². The van der Waals surface area contributed by atoms with E-state index in [2.05, 4.69) is 15.1 Å². The van der Waals surface area contributed by atoms with Crippen molar-refractivity contribution in [1.82, 2.24) is 9.66 Å². The van der Waals surface area contributed by atoms with Crippen LogP contribution in [0.4, 0.5) is 14.5 Å². The molecule has 0 aliphatic carbocycles. The van der Waals surface area contributed by atoms with Gasteiger partial charge in [0.05, 0.1) is 17.1 Å². The summed E-state index contributed by atoms with van der Waals surface area (Å²) in [5.41, 5.74) is 3.02. The largest absolute Gasteiger partial charge is 0.255 e. The zero-order valence-corrected chi connectivity index (χ0v) is 17.3. The van der Waals surface area contributed by atoms with Crippen LogP contribution < -0.4 is 4.80 Å². The summed E-state index contributed by atoms with van der Waals surface area (Å²) in [5.74, 6) is -1.40. The number of hydrogen-bond acceptors (Lipinski definition) is 4. The Kier molecular flexibility index (Phi) is 5.83. The fourth-order valence-corrected chi connectivity index (χ4v) is 3.71. The lowest BCUT2D eigenvalue weighted by molar-refractivity contribution is 0.584. The summed E-state index contributed by atoms with van der Waals surface area (Å²) >= 11 is 7.31. The number of thiazole rings is 1. The molecule has 2 heterocycles. The minimum Gasteiger partial charge on any atom is -0.255 e. The van der Waals surface area contributed by atoms with Gasteiger partial charge >= 0.3 is 0 Å². The van der Waals surface area contributed by atoms with Gasteiger partial charge in [0, 0.05) is 28.2 Å². The van der Waals surface area contributed by atoms with Crippen molar-refractivity contribution < 1.29 is 8.78 Å². The lowest BCUT2D eigenvalue weighted by Crippen LogP contribution is -2.14. The first kappa shape index (κ1) is 20.1. The van der Waals surface area contributed by atoms with Gasteiger partial charge in [-0.15, -0.1) is 11.3 Å². The van der Waals surface area contributed by atoms with E-state index in [1.165, 1.54) is 23.5 Å². The van der Waals surface area contributed by atoms with Gasteiger partial charge < -0.3 is 0 Å². The second-order valence-corrected chi connectivity index (χ2v) is 7.60. The highest BCUT2D eigenvalue weighted by Crippen LogP contribution is 2.24. The second-order valence-electron chi connectivity index (χ2n) is 6.33. The molecule has 0 saturated carbocycles. The molecule has 0 aliphatic rings. The van der Waals surface area contributed by atoms with Gasteiger partial charge in [-0.1, -0.05) is 29.8 Å². The average molecular weight is 441 g/mol. The van der Waals surface area contributed by atoms with Crippen LogP contribution in [-0.2, 0) is 0 Å². The molecule has 2 aromatic heterocycles. The molecule has 4 nitrogen and oxygen atoms in total. The second kappa shape index (κ2) is 8.69. The fraction of sp³-hybridized carbons (Fsp3) is 0.0455. The number of nitrogens with zero attached hydrogens (tertiary/aromatic N) is 4. The van der Waals surface area contributed by atoms with Gasteiger partial charge in [0.15, 0.2) is 5.82 Å². The van der Waals surface area contributed by atoms with Crippen LogP contribution in [0.3, 0.4) is 0 Å². The molecule has 0 fully saturated rings. The molecule has 150 valence electrons. The first-order valence-corrected chi connectivity index (χ1v) is 10.2. The van der Waals surface area contributed by atoms with Gasteiger partial charge in [-0.05, 0) is 43.3 Å². The van der Waals surface area contributed by atoms with Gasteiger partial charge in [-0.3, -0.25) is 4.98 Å². The van der Waals surface area contributed by atoms with Gasteiger partial charge in [-0.25, -0.2) is 18.4 Å². The first-order valence-electron chi connectivity index (χ1n) is 8.94. The van der Waals surface area contributed by atoms with Crippen LogP contribution in [0.15, 0.2) is 82.3 Å². The van der Waals surface area contributed by atoms with Gasteiger partial charge in [0.2, 0.25) is 4.80 Å². The van der Waals surface area contributed by atoms with Crippen molar-refractivity contribution in [1.29, 1.82) is 0 Å². The summed E-state index contributed by atoms with van der Waals surface area (Å²) in [4.78, 5) is 9.13. The number of benzene rings is 2. The van der Waals surface area contributed by atoms with Crippen molar-refractivity contribution in [3.63, 3.8) is 0 Å². The highest BCUT2D eigenvalue weighted by atomic mass is 35.5. The molecule has 4 aromatic rings. The zero-order valence-electron chi connectivity index (χ0n) is 15.8. The smallest absolute Gasteiger partial charge is 0.211 e. The molecular formula is C22H15ClF2N4S. The lowest BCUT2D eigenvalue weighted by atomic mass is 10.2. The van der Waals surface area contributed by atoms with Crippen LogP contribution in [0, 0.1) is 11.6 Å². The first-order chi connectivity index (χ1) is 14.5. The van der Waals surface area contributed by atoms with Crippen molar-refractivity contribution in [2.75, 3.05) is 0 Å². The Morgan fingerprint density at radius 2 is 1.87 bits per heavy atom. The summed E-state index contributed by atoms with van der Waals surface area (Å²) in [6.07, 6.45) is 1.69. The maximum Gasteiger partial charge on any atom is 0.211 e. The van der Waals surface area contributed by atoms with E-state index < -0.39 is 11.6 Å². The van der Waals surface area contributed by atoms with E-state index in [-0.39, 0.29) is 5.69 Å². The van der Waals surface area contributed by atoms with Gasteiger partial charge in [0.25, 0.3) is 0 Å². The maximum atomic E-state index is 14.2. The van der Waals surface area contributed by atoms with Crippen LogP contribution in [0.1, 0.15) is 12.6 Å². The molecule has 0 spiro atoms. The molecule has 8 heteroatoms. The SMILES string of the molecule is C/C(=N\n1c(-c2ccc(Cl)cc2)csc1=Nc1ccc(F)cc1F)c1ccccn1. The quantitative estimate of drug-likeness (QED) is 0.356. The molecule has 0 aliphatic heterocycles. The van der Waals surface area contributed by atoms with Crippen LogP contribution >= 0.6 is 22.9 Å². The normalized spacial score (nSPS) is 12.4. The van der Waals surface area contributed by atoms with E-state index >= 15 is 0 Å². The highest BCUT2D eigenvalue weighted by molar-refractivity contribution is 7.07. The molecule has 0 radical (unpaired) electrons.